The second-order valence-electron chi connectivity index (χ2n) is 6.20. The van der Waals surface area contributed by atoms with E-state index in [2.05, 4.69) is 10.2 Å². The number of carbonyl (C=O) groups excluding carboxylic acids is 1. The van der Waals surface area contributed by atoms with Crippen LogP contribution in [0.2, 0.25) is 0 Å². The summed E-state index contributed by atoms with van der Waals surface area (Å²) in [5.41, 5.74) is 0.881. The van der Waals surface area contributed by atoms with Crippen LogP contribution in [-0.2, 0) is 11.3 Å². The van der Waals surface area contributed by atoms with Gasteiger partial charge in [0, 0.05) is 19.7 Å². The third kappa shape index (κ3) is 4.33. The van der Waals surface area contributed by atoms with Crippen LogP contribution in [0.3, 0.4) is 0 Å². The van der Waals surface area contributed by atoms with Crippen molar-refractivity contribution >= 4 is 17.7 Å². The number of methoxy groups -OCH3 is 1. The average Bonchev–Trinajstić information content (AvgIpc) is 3.32. The van der Waals surface area contributed by atoms with Crippen LogP contribution in [0.15, 0.2) is 52.2 Å². The van der Waals surface area contributed by atoms with E-state index in [4.69, 9.17) is 9.15 Å². The van der Waals surface area contributed by atoms with E-state index in [0.29, 0.717) is 17.5 Å². The maximum Gasteiger partial charge on any atom is 0.235 e. The van der Waals surface area contributed by atoms with Crippen molar-refractivity contribution in [1.82, 2.24) is 19.7 Å². The van der Waals surface area contributed by atoms with Gasteiger partial charge in [0.15, 0.2) is 11.0 Å². The zero-order chi connectivity index (χ0) is 19.4. The molecule has 0 bridgehead atoms. The molecule has 0 spiro atoms. The SMILES string of the molecule is COc1cccc(-c2nnc(S[C@H](C)C(=O)N(C)C)n2Cc2ccco2)c1. The van der Waals surface area contributed by atoms with Crippen LogP contribution in [0, 0.1) is 0 Å². The Labute approximate surface area is 162 Å². The number of thioether (sulfide) groups is 1. The fourth-order valence-corrected chi connectivity index (χ4v) is 3.62. The summed E-state index contributed by atoms with van der Waals surface area (Å²) in [6.45, 7) is 2.34. The van der Waals surface area contributed by atoms with Crippen molar-refractivity contribution in [2.24, 2.45) is 0 Å². The Morgan fingerprint density at radius 1 is 1.30 bits per heavy atom. The van der Waals surface area contributed by atoms with Crippen molar-refractivity contribution in [2.75, 3.05) is 21.2 Å². The summed E-state index contributed by atoms with van der Waals surface area (Å²) in [6.07, 6.45) is 1.63. The minimum Gasteiger partial charge on any atom is -0.497 e. The van der Waals surface area contributed by atoms with Crippen LogP contribution in [0.4, 0.5) is 0 Å². The van der Waals surface area contributed by atoms with Crippen molar-refractivity contribution in [1.29, 1.82) is 0 Å². The minimum absolute atomic E-state index is 0.0236. The molecule has 0 aliphatic carbocycles. The van der Waals surface area contributed by atoms with Crippen LogP contribution >= 0.6 is 11.8 Å². The number of ether oxygens (including phenoxy) is 1. The molecule has 3 aromatic rings. The molecular formula is C19H22N4O3S. The lowest BCUT2D eigenvalue weighted by molar-refractivity contribution is -0.127. The topological polar surface area (TPSA) is 73.4 Å². The Hall–Kier alpha value is -2.74. The monoisotopic (exact) mass is 386 g/mol. The molecule has 8 heteroatoms. The number of carbonyl (C=O) groups is 1. The summed E-state index contributed by atoms with van der Waals surface area (Å²) < 4.78 is 12.8. The number of hydrogen-bond donors (Lipinski definition) is 0. The van der Waals surface area contributed by atoms with Crippen molar-refractivity contribution in [3.63, 3.8) is 0 Å². The van der Waals surface area contributed by atoms with Gasteiger partial charge in [0.05, 0.1) is 25.2 Å². The first-order chi connectivity index (χ1) is 13.0. The predicted molar refractivity (Wildman–Crippen MR) is 104 cm³/mol. The first-order valence-electron chi connectivity index (χ1n) is 8.47. The van der Waals surface area contributed by atoms with Gasteiger partial charge in [-0.25, -0.2) is 0 Å². The fraction of sp³-hybridized carbons (Fsp3) is 0.316. The van der Waals surface area contributed by atoms with E-state index in [1.165, 1.54) is 11.8 Å². The molecule has 0 radical (unpaired) electrons. The van der Waals surface area contributed by atoms with Crippen molar-refractivity contribution in [3.8, 4) is 17.1 Å². The summed E-state index contributed by atoms with van der Waals surface area (Å²) >= 11 is 1.38. The van der Waals surface area contributed by atoms with E-state index in [1.807, 2.05) is 47.9 Å². The smallest absolute Gasteiger partial charge is 0.235 e. The highest BCUT2D eigenvalue weighted by Gasteiger charge is 2.22. The Balaban J connectivity index is 1.98. The molecule has 0 aliphatic rings. The summed E-state index contributed by atoms with van der Waals surface area (Å²) in [5.74, 6) is 2.24. The third-order valence-electron chi connectivity index (χ3n) is 4.01. The Morgan fingerprint density at radius 3 is 2.78 bits per heavy atom. The second kappa shape index (κ2) is 8.30. The first-order valence-corrected chi connectivity index (χ1v) is 9.35. The molecule has 0 saturated carbocycles. The number of amides is 1. The van der Waals surface area contributed by atoms with E-state index < -0.39 is 0 Å². The van der Waals surface area contributed by atoms with Crippen LogP contribution in [0.1, 0.15) is 12.7 Å². The molecule has 0 fully saturated rings. The number of nitrogens with zero attached hydrogens (tertiary/aromatic N) is 4. The molecule has 0 unspecified atom stereocenters. The standard InChI is InChI=1S/C19H22N4O3S/c1-13(18(24)22(2)3)27-19-21-20-17(14-7-5-8-15(11-14)25-4)23(19)12-16-9-6-10-26-16/h5-11,13H,12H2,1-4H3/t13-/m1/s1. The summed E-state index contributed by atoms with van der Waals surface area (Å²) in [6, 6.07) is 11.4. The van der Waals surface area contributed by atoms with Gasteiger partial charge < -0.3 is 14.1 Å². The highest BCUT2D eigenvalue weighted by Crippen LogP contribution is 2.29. The molecule has 0 aliphatic heterocycles. The maximum atomic E-state index is 12.2. The van der Waals surface area contributed by atoms with Gasteiger partial charge in [-0.15, -0.1) is 10.2 Å². The summed E-state index contributed by atoms with van der Waals surface area (Å²) in [4.78, 5) is 13.8. The second-order valence-corrected chi connectivity index (χ2v) is 7.50. The molecule has 7 nitrogen and oxygen atoms in total. The molecule has 1 atom stereocenters. The molecule has 2 aromatic heterocycles. The molecule has 1 amide bonds. The van der Waals surface area contributed by atoms with Gasteiger partial charge in [-0.3, -0.25) is 9.36 Å². The lowest BCUT2D eigenvalue weighted by atomic mass is 10.2. The van der Waals surface area contributed by atoms with Crippen LogP contribution < -0.4 is 4.74 Å². The number of benzene rings is 1. The largest absolute Gasteiger partial charge is 0.497 e. The zero-order valence-electron chi connectivity index (χ0n) is 15.7. The van der Waals surface area contributed by atoms with Gasteiger partial charge in [-0.2, -0.15) is 0 Å². The first kappa shape index (κ1) is 19.0. The number of furan rings is 1. The van der Waals surface area contributed by atoms with E-state index in [1.54, 1.807) is 32.4 Å². The summed E-state index contributed by atoms with van der Waals surface area (Å²) in [7, 11) is 5.12. The number of hydrogen-bond acceptors (Lipinski definition) is 6. The lowest BCUT2D eigenvalue weighted by Gasteiger charge is -2.16. The van der Waals surface area contributed by atoms with E-state index in [0.717, 1.165) is 17.1 Å². The van der Waals surface area contributed by atoms with Crippen molar-refractivity contribution in [3.05, 3.63) is 48.4 Å². The average molecular weight is 386 g/mol. The van der Waals surface area contributed by atoms with Crippen LogP contribution in [0.25, 0.3) is 11.4 Å². The van der Waals surface area contributed by atoms with Crippen molar-refractivity contribution < 1.29 is 13.9 Å². The molecule has 3 rings (SSSR count). The molecule has 0 N–H and O–H groups in total. The lowest BCUT2D eigenvalue weighted by Crippen LogP contribution is -2.29. The predicted octanol–water partition coefficient (Wildman–Crippen LogP) is 3.16. The minimum atomic E-state index is -0.280. The maximum absolute atomic E-state index is 12.2. The zero-order valence-corrected chi connectivity index (χ0v) is 16.6. The van der Waals surface area contributed by atoms with E-state index in [-0.39, 0.29) is 11.2 Å². The third-order valence-corrected chi connectivity index (χ3v) is 5.08. The Morgan fingerprint density at radius 2 is 2.11 bits per heavy atom. The van der Waals surface area contributed by atoms with Crippen LogP contribution in [-0.4, -0.2) is 52.0 Å². The normalized spacial score (nSPS) is 12.0. The van der Waals surface area contributed by atoms with Gasteiger partial charge in [0.2, 0.25) is 5.91 Å². The Kier molecular flexibility index (Phi) is 5.85. The van der Waals surface area contributed by atoms with E-state index >= 15 is 0 Å². The molecule has 27 heavy (non-hydrogen) atoms. The van der Waals surface area contributed by atoms with Gasteiger partial charge in [0.25, 0.3) is 0 Å². The summed E-state index contributed by atoms with van der Waals surface area (Å²) in [5, 5.41) is 9.08. The van der Waals surface area contributed by atoms with Crippen LogP contribution in [0.5, 0.6) is 5.75 Å². The highest BCUT2D eigenvalue weighted by molar-refractivity contribution is 8.00. The van der Waals surface area contributed by atoms with Crippen molar-refractivity contribution in [2.45, 2.75) is 23.9 Å². The van der Waals surface area contributed by atoms with Gasteiger partial charge in [0.1, 0.15) is 11.5 Å². The molecule has 1 aromatic carbocycles. The van der Waals surface area contributed by atoms with E-state index in [9.17, 15) is 4.79 Å². The molecule has 0 saturated heterocycles. The number of rotatable bonds is 7. The Bertz CT molecular complexity index is 906. The molecular weight excluding hydrogens is 364 g/mol. The quantitative estimate of drug-likeness (QED) is 0.581. The highest BCUT2D eigenvalue weighted by atomic mass is 32.2. The molecule has 2 heterocycles. The molecule has 142 valence electrons. The number of aromatic nitrogens is 3. The van der Waals surface area contributed by atoms with Gasteiger partial charge >= 0.3 is 0 Å². The van der Waals surface area contributed by atoms with Gasteiger partial charge in [-0.1, -0.05) is 23.9 Å². The fourth-order valence-electron chi connectivity index (χ4n) is 2.62. The van der Waals surface area contributed by atoms with Gasteiger partial charge in [-0.05, 0) is 31.2 Å².